The third-order valence-electron chi connectivity index (χ3n) is 7.42. The van der Waals surface area contributed by atoms with Crippen molar-refractivity contribution in [2.24, 2.45) is 11.8 Å². The molecule has 0 amide bonds. The molecule has 2 atom stereocenters. The Labute approximate surface area is 183 Å². The van der Waals surface area contributed by atoms with Gasteiger partial charge in [-0.15, -0.1) is 0 Å². The lowest BCUT2D eigenvalue weighted by Crippen LogP contribution is -2.51. The number of hydrogen-bond donors (Lipinski definition) is 1. The highest BCUT2D eigenvalue weighted by atomic mass is 16.5. The largest absolute Gasteiger partial charge is 0.378 e. The topological polar surface area (TPSA) is 77.3 Å². The minimum atomic E-state index is 0.551. The highest BCUT2D eigenvalue weighted by Gasteiger charge is 2.45. The molecule has 7 heteroatoms. The summed E-state index contributed by atoms with van der Waals surface area (Å²) in [4.78, 5) is 14.4. The smallest absolute Gasteiger partial charge is 0.134 e. The molecule has 0 aromatic carbocycles. The Morgan fingerprint density at radius 2 is 1.87 bits per heavy atom. The molecule has 0 bridgehead atoms. The number of ether oxygens (including phenoxy) is 1. The van der Waals surface area contributed by atoms with Crippen molar-refractivity contribution in [2.75, 3.05) is 49.6 Å². The Morgan fingerprint density at radius 3 is 2.58 bits per heavy atom. The molecule has 1 N–H and O–H groups in total. The van der Waals surface area contributed by atoms with Crippen molar-refractivity contribution >= 4 is 17.5 Å². The van der Waals surface area contributed by atoms with Crippen LogP contribution in [0.5, 0.6) is 0 Å². The van der Waals surface area contributed by atoms with Gasteiger partial charge in [-0.1, -0.05) is 0 Å². The maximum absolute atomic E-state index is 9.20. The number of nitrogens with one attached hydrogen (secondary N) is 1. The molecule has 6 rings (SSSR count). The average molecular weight is 417 g/mol. The van der Waals surface area contributed by atoms with Gasteiger partial charge in [0.25, 0.3) is 0 Å². The lowest BCUT2D eigenvalue weighted by molar-refractivity contribution is -0.0712. The van der Waals surface area contributed by atoms with Gasteiger partial charge in [0.15, 0.2) is 0 Å². The van der Waals surface area contributed by atoms with Crippen LogP contribution in [0.25, 0.3) is 0 Å². The predicted octanol–water partition coefficient (Wildman–Crippen LogP) is 3.13. The molecule has 5 heterocycles. The van der Waals surface area contributed by atoms with E-state index in [-0.39, 0.29) is 0 Å². The Morgan fingerprint density at radius 1 is 1.06 bits per heavy atom. The number of nitriles is 1. The van der Waals surface area contributed by atoms with Crippen LogP contribution in [-0.4, -0.2) is 60.3 Å². The fourth-order valence-corrected chi connectivity index (χ4v) is 5.32. The minimum Gasteiger partial charge on any atom is -0.378 e. The van der Waals surface area contributed by atoms with E-state index in [1.807, 2.05) is 0 Å². The fourth-order valence-electron chi connectivity index (χ4n) is 5.32. The van der Waals surface area contributed by atoms with E-state index >= 15 is 0 Å². The first-order valence-electron chi connectivity index (χ1n) is 11.5. The van der Waals surface area contributed by atoms with Crippen molar-refractivity contribution in [1.29, 1.82) is 5.26 Å². The van der Waals surface area contributed by atoms with Crippen LogP contribution in [0.2, 0.25) is 0 Å². The zero-order chi connectivity index (χ0) is 20.8. The molecule has 7 nitrogen and oxygen atoms in total. The molecule has 0 spiro atoms. The fraction of sp³-hybridized carbons (Fsp3) is 0.542. The first-order valence-corrected chi connectivity index (χ1v) is 11.5. The van der Waals surface area contributed by atoms with E-state index in [0.29, 0.717) is 23.3 Å². The molecule has 1 saturated carbocycles. The van der Waals surface area contributed by atoms with Crippen LogP contribution in [0.15, 0.2) is 30.5 Å². The summed E-state index contributed by atoms with van der Waals surface area (Å²) in [5.41, 5.74) is 1.97. The Kier molecular flexibility index (Phi) is 4.77. The van der Waals surface area contributed by atoms with E-state index in [1.54, 1.807) is 18.3 Å². The number of nitrogens with zero attached hydrogens (tertiary/aromatic N) is 5. The van der Waals surface area contributed by atoms with E-state index in [0.717, 1.165) is 62.9 Å². The Bertz CT molecular complexity index is 997. The molecule has 2 unspecified atom stereocenters. The predicted molar refractivity (Wildman–Crippen MR) is 118 cm³/mol. The minimum absolute atomic E-state index is 0.551. The number of fused-ring (bicyclic) bond motifs is 1. The van der Waals surface area contributed by atoms with E-state index < -0.39 is 0 Å². The molecule has 2 aromatic heterocycles. The van der Waals surface area contributed by atoms with Crippen molar-refractivity contribution in [3.63, 3.8) is 0 Å². The molecule has 2 aromatic rings. The van der Waals surface area contributed by atoms with Crippen LogP contribution in [-0.2, 0) is 4.74 Å². The van der Waals surface area contributed by atoms with Gasteiger partial charge in [-0.05, 0) is 79.9 Å². The number of rotatable bonds is 5. The maximum Gasteiger partial charge on any atom is 0.134 e. The number of likely N-dealkylation sites (tertiary alicyclic amines) is 1. The van der Waals surface area contributed by atoms with Crippen LogP contribution in [0, 0.1) is 23.2 Å². The van der Waals surface area contributed by atoms with Crippen LogP contribution < -0.4 is 10.2 Å². The van der Waals surface area contributed by atoms with Gasteiger partial charge in [0.1, 0.15) is 17.5 Å². The summed E-state index contributed by atoms with van der Waals surface area (Å²) in [5, 5.41) is 12.6. The van der Waals surface area contributed by atoms with Crippen molar-refractivity contribution in [3.8, 4) is 6.07 Å². The normalized spacial score (nSPS) is 26.2. The van der Waals surface area contributed by atoms with Crippen molar-refractivity contribution in [1.82, 2.24) is 14.9 Å². The van der Waals surface area contributed by atoms with Crippen molar-refractivity contribution in [3.05, 3.63) is 41.6 Å². The van der Waals surface area contributed by atoms with Crippen molar-refractivity contribution in [2.45, 2.75) is 31.2 Å². The Hall–Kier alpha value is -2.69. The van der Waals surface area contributed by atoms with Crippen LogP contribution >= 0.6 is 0 Å². The number of aromatic nitrogens is 2. The number of pyridine rings is 2. The van der Waals surface area contributed by atoms with Gasteiger partial charge in [0.05, 0.1) is 30.9 Å². The lowest BCUT2D eigenvalue weighted by Gasteiger charge is -2.41. The number of anilines is 3. The van der Waals surface area contributed by atoms with Gasteiger partial charge in [-0.25, -0.2) is 9.97 Å². The van der Waals surface area contributed by atoms with Gasteiger partial charge in [0.2, 0.25) is 0 Å². The van der Waals surface area contributed by atoms with E-state index in [2.05, 4.69) is 38.3 Å². The van der Waals surface area contributed by atoms with Gasteiger partial charge in [-0.2, -0.15) is 5.26 Å². The number of piperidine rings is 2. The third kappa shape index (κ3) is 3.86. The van der Waals surface area contributed by atoms with Crippen LogP contribution in [0.3, 0.4) is 0 Å². The molecule has 3 saturated heterocycles. The zero-order valence-corrected chi connectivity index (χ0v) is 17.7. The van der Waals surface area contributed by atoms with Crippen molar-refractivity contribution < 1.29 is 4.74 Å². The van der Waals surface area contributed by atoms with E-state index in [1.165, 1.54) is 24.8 Å². The summed E-state index contributed by atoms with van der Waals surface area (Å²) in [7, 11) is 0. The lowest BCUT2D eigenvalue weighted by atomic mass is 9.89. The first kappa shape index (κ1) is 19.0. The summed E-state index contributed by atoms with van der Waals surface area (Å²) in [6.07, 6.45) is 5.40. The summed E-state index contributed by atoms with van der Waals surface area (Å²) in [6.45, 7) is 6.32. The summed E-state index contributed by atoms with van der Waals surface area (Å²) in [6, 6.07) is 10.8. The highest BCUT2D eigenvalue weighted by molar-refractivity contribution is 5.59. The second-order valence-electron chi connectivity index (χ2n) is 9.47. The summed E-state index contributed by atoms with van der Waals surface area (Å²) >= 11 is 0. The van der Waals surface area contributed by atoms with E-state index in [4.69, 9.17) is 9.72 Å². The van der Waals surface area contributed by atoms with Crippen LogP contribution in [0.4, 0.5) is 17.5 Å². The second-order valence-corrected chi connectivity index (χ2v) is 9.47. The Balaban J connectivity index is 1.25. The number of hydrogen-bond acceptors (Lipinski definition) is 7. The molecule has 31 heavy (non-hydrogen) atoms. The maximum atomic E-state index is 9.20. The molecule has 4 fully saturated rings. The first-order chi connectivity index (χ1) is 15.2. The standard InChI is InChI=1S/C24H28N6O/c25-11-16-1-4-26-22(7-16)27-23-9-18(10-24(28-23)30-12-19-8-20(19)13-30)17-2-5-29(6-3-17)21-14-31-15-21/h1,4,7,9-10,17,19-21H,2-3,5-6,8,12-15H2,(H,26,27,28). The SMILES string of the molecule is N#Cc1ccnc(Nc2cc(C3CCN(C4COC4)CC3)cc(N3CC4CC4C3)n2)c1. The van der Waals surface area contributed by atoms with Crippen LogP contribution in [0.1, 0.15) is 36.3 Å². The monoisotopic (exact) mass is 416 g/mol. The van der Waals surface area contributed by atoms with Gasteiger partial charge in [0, 0.05) is 19.3 Å². The second kappa shape index (κ2) is 7.77. The molecule has 0 radical (unpaired) electrons. The zero-order valence-electron chi connectivity index (χ0n) is 17.7. The molecule has 160 valence electrons. The third-order valence-corrected chi connectivity index (χ3v) is 7.42. The average Bonchev–Trinajstić information content (AvgIpc) is 3.38. The molecular weight excluding hydrogens is 388 g/mol. The van der Waals surface area contributed by atoms with Gasteiger partial charge < -0.3 is 15.0 Å². The summed E-state index contributed by atoms with van der Waals surface area (Å²) in [5.74, 6) is 4.85. The quantitative estimate of drug-likeness (QED) is 0.802. The molecule has 4 aliphatic rings. The molecule has 3 aliphatic heterocycles. The van der Waals surface area contributed by atoms with Gasteiger partial charge >= 0.3 is 0 Å². The molecule has 1 aliphatic carbocycles. The van der Waals surface area contributed by atoms with Gasteiger partial charge in [-0.3, -0.25) is 4.90 Å². The van der Waals surface area contributed by atoms with E-state index in [9.17, 15) is 5.26 Å². The molecular formula is C24H28N6O. The summed E-state index contributed by atoms with van der Waals surface area (Å²) < 4.78 is 5.38. The highest BCUT2D eigenvalue weighted by Crippen LogP contribution is 2.46.